The number of para-hydroxylation sites is 4. The zero-order valence-corrected chi connectivity index (χ0v) is 24.3. The Hall–Kier alpha value is -6.06. The van der Waals surface area contributed by atoms with E-state index in [0.29, 0.717) is 0 Å². The van der Waals surface area contributed by atoms with Crippen LogP contribution >= 0.6 is 0 Å². The Kier molecular flexibility index (Phi) is 5.00. The molecule has 0 saturated heterocycles. The van der Waals surface area contributed by atoms with Gasteiger partial charge in [0.2, 0.25) is 0 Å². The van der Waals surface area contributed by atoms with E-state index < -0.39 is 0 Å². The predicted octanol–water partition coefficient (Wildman–Crippen LogP) is 11.8. The Balaban J connectivity index is 1.29. The highest BCUT2D eigenvalue weighted by Crippen LogP contribution is 2.51. The van der Waals surface area contributed by atoms with Crippen molar-refractivity contribution in [2.45, 2.75) is 0 Å². The number of fused-ring (bicyclic) bond motifs is 8. The molecule has 3 nitrogen and oxygen atoms in total. The molecule has 3 heteroatoms. The smallest absolute Gasteiger partial charge is 0.136 e. The largest absolute Gasteiger partial charge is 0.456 e. The second-order valence-corrected chi connectivity index (χ2v) is 11.8. The van der Waals surface area contributed by atoms with Gasteiger partial charge in [0.25, 0.3) is 0 Å². The molecule has 3 heterocycles. The van der Waals surface area contributed by atoms with Crippen LogP contribution in [0.4, 0.5) is 17.1 Å². The van der Waals surface area contributed by atoms with E-state index >= 15 is 0 Å². The summed E-state index contributed by atoms with van der Waals surface area (Å²) in [7, 11) is 0. The van der Waals surface area contributed by atoms with Crippen LogP contribution in [0.2, 0.25) is 0 Å². The molecule has 0 fully saturated rings. The Labute approximate surface area is 259 Å². The van der Waals surface area contributed by atoms with Crippen LogP contribution in [-0.4, -0.2) is 4.57 Å². The molecule has 0 spiro atoms. The van der Waals surface area contributed by atoms with E-state index in [9.17, 15) is 0 Å². The zero-order chi connectivity index (χ0) is 29.5. The standard InChI is InChI=1S/C42H26N2O/c1-3-12-27(13-4-1)29-22-30(28-14-5-2-6-15-28)24-31(23-29)43-36-18-8-9-19-37(36)44-39-25-35-32-16-7-10-21-40(32)45-41(35)26-34(39)33-17-11-20-38(43)42(33)44/h1-26H. The van der Waals surface area contributed by atoms with Crippen LogP contribution in [0.3, 0.4) is 0 Å². The van der Waals surface area contributed by atoms with Crippen molar-refractivity contribution < 1.29 is 4.42 Å². The number of hydrogen-bond donors (Lipinski definition) is 0. The normalized spacial score (nSPS) is 12.4. The van der Waals surface area contributed by atoms with Crippen LogP contribution in [0.15, 0.2) is 162 Å². The minimum atomic E-state index is 0.917. The molecule has 2 aromatic heterocycles. The summed E-state index contributed by atoms with van der Waals surface area (Å²) in [6.07, 6.45) is 0. The van der Waals surface area contributed by atoms with Crippen LogP contribution in [-0.2, 0) is 0 Å². The molecule has 0 N–H and O–H groups in total. The number of rotatable bonds is 3. The molecule has 45 heavy (non-hydrogen) atoms. The van der Waals surface area contributed by atoms with Gasteiger partial charge in [-0.2, -0.15) is 0 Å². The maximum atomic E-state index is 6.35. The SMILES string of the molecule is c1ccc(-c2cc(-c3ccccc3)cc(N3c4ccccc4-n4c5cc6c(cc5c5cccc3c54)oc3ccccc36)c2)cc1. The Morgan fingerprint density at radius 2 is 1.00 bits per heavy atom. The van der Waals surface area contributed by atoms with Crippen molar-refractivity contribution in [1.82, 2.24) is 4.57 Å². The number of furan rings is 1. The number of anilines is 3. The van der Waals surface area contributed by atoms with Gasteiger partial charge in [-0.15, -0.1) is 0 Å². The summed E-state index contributed by atoms with van der Waals surface area (Å²) in [5.41, 5.74) is 13.6. The fraction of sp³-hybridized carbons (Fsp3) is 0. The van der Waals surface area contributed by atoms with Crippen molar-refractivity contribution in [3.63, 3.8) is 0 Å². The summed E-state index contributed by atoms with van der Waals surface area (Å²) in [5.74, 6) is 0. The molecule has 10 rings (SSSR count). The molecular formula is C42H26N2O. The Bertz CT molecular complexity index is 2530. The first-order valence-corrected chi connectivity index (χ1v) is 15.4. The molecule has 7 aromatic carbocycles. The molecule has 0 atom stereocenters. The first kappa shape index (κ1) is 24.4. The second-order valence-electron chi connectivity index (χ2n) is 11.8. The summed E-state index contributed by atoms with van der Waals surface area (Å²) < 4.78 is 8.80. The quantitative estimate of drug-likeness (QED) is 0.209. The monoisotopic (exact) mass is 574 g/mol. The van der Waals surface area contributed by atoms with Gasteiger partial charge in [-0.1, -0.05) is 103 Å². The number of nitrogens with zero attached hydrogens (tertiary/aromatic N) is 2. The first-order valence-electron chi connectivity index (χ1n) is 15.4. The molecule has 0 unspecified atom stereocenters. The van der Waals surface area contributed by atoms with Gasteiger partial charge in [-0.05, 0) is 76.9 Å². The zero-order valence-electron chi connectivity index (χ0n) is 24.3. The van der Waals surface area contributed by atoms with Crippen molar-refractivity contribution >= 4 is 60.8 Å². The molecule has 0 bridgehead atoms. The highest BCUT2D eigenvalue weighted by atomic mass is 16.3. The maximum Gasteiger partial charge on any atom is 0.136 e. The number of hydrogen-bond acceptors (Lipinski definition) is 2. The predicted molar refractivity (Wildman–Crippen MR) is 187 cm³/mol. The fourth-order valence-corrected chi connectivity index (χ4v) is 7.28. The lowest BCUT2D eigenvalue weighted by Gasteiger charge is -2.33. The number of benzene rings is 7. The van der Waals surface area contributed by atoms with Gasteiger partial charge >= 0.3 is 0 Å². The highest BCUT2D eigenvalue weighted by Gasteiger charge is 2.29. The van der Waals surface area contributed by atoms with Gasteiger partial charge in [-0.3, -0.25) is 0 Å². The second kappa shape index (κ2) is 9.22. The van der Waals surface area contributed by atoms with E-state index in [1.807, 2.05) is 12.1 Å². The van der Waals surface area contributed by atoms with Gasteiger partial charge in [0.1, 0.15) is 11.2 Å². The topological polar surface area (TPSA) is 21.3 Å². The van der Waals surface area contributed by atoms with Crippen LogP contribution in [0.1, 0.15) is 0 Å². The molecule has 1 aliphatic rings. The van der Waals surface area contributed by atoms with E-state index in [2.05, 4.69) is 155 Å². The van der Waals surface area contributed by atoms with E-state index in [0.717, 1.165) is 44.7 Å². The summed E-state index contributed by atoms with van der Waals surface area (Å²) in [6.45, 7) is 0. The third-order valence-electron chi connectivity index (χ3n) is 9.26. The third kappa shape index (κ3) is 3.52. The molecule has 0 radical (unpaired) electrons. The van der Waals surface area contributed by atoms with Crippen molar-refractivity contribution in [3.05, 3.63) is 158 Å². The van der Waals surface area contributed by atoms with Gasteiger partial charge in [0.05, 0.1) is 28.1 Å². The van der Waals surface area contributed by atoms with Crippen molar-refractivity contribution in [3.8, 4) is 27.9 Å². The van der Waals surface area contributed by atoms with E-state index in [1.54, 1.807) is 0 Å². The van der Waals surface area contributed by atoms with Crippen molar-refractivity contribution in [2.24, 2.45) is 0 Å². The molecule has 0 amide bonds. The van der Waals surface area contributed by atoms with E-state index in [-0.39, 0.29) is 0 Å². The van der Waals surface area contributed by atoms with E-state index in [4.69, 9.17) is 4.42 Å². The molecule has 9 aromatic rings. The summed E-state index contributed by atoms with van der Waals surface area (Å²) >= 11 is 0. The summed E-state index contributed by atoms with van der Waals surface area (Å²) in [5, 5.41) is 4.69. The number of aromatic nitrogens is 1. The van der Waals surface area contributed by atoms with Gasteiger partial charge in [0, 0.05) is 27.2 Å². The van der Waals surface area contributed by atoms with E-state index in [1.165, 1.54) is 44.1 Å². The van der Waals surface area contributed by atoms with Gasteiger partial charge < -0.3 is 13.9 Å². The van der Waals surface area contributed by atoms with Crippen LogP contribution in [0.5, 0.6) is 0 Å². The highest BCUT2D eigenvalue weighted by molar-refractivity contribution is 6.21. The van der Waals surface area contributed by atoms with Crippen LogP contribution < -0.4 is 4.90 Å². The van der Waals surface area contributed by atoms with Gasteiger partial charge in [-0.25, -0.2) is 0 Å². The Morgan fingerprint density at radius 1 is 0.378 bits per heavy atom. The minimum Gasteiger partial charge on any atom is -0.456 e. The van der Waals surface area contributed by atoms with Crippen LogP contribution in [0.25, 0.3) is 71.7 Å². The molecule has 0 saturated carbocycles. The van der Waals surface area contributed by atoms with Gasteiger partial charge in [0.15, 0.2) is 0 Å². The lowest BCUT2D eigenvalue weighted by molar-refractivity contribution is 0.669. The molecule has 0 aliphatic carbocycles. The lowest BCUT2D eigenvalue weighted by atomic mass is 9.97. The molecular weight excluding hydrogens is 548 g/mol. The average Bonchev–Trinajstić information content (AvgIpc) is 3.64. The maximum absolute atomic E-state index is 6.35. The summed E-state index contributed by atoms with van der Waals surface area (Å²) in [4.78, 5) is 2.44. The Morgan fingerprint density at radius 3 is 1.76 bits per heavy atom. The average molecular weight is 575 g/mol. The third-order valence-corrected chi connectivity index (χ3v) is 9.26. The van der Waals surface area contributed by atoms with Crippen LogP contribution in [0, 0.1) is 0 Å². The molecule has 210 valence electrons. The first-order chi connectivity index (χ1) is 22.3. The minimum absolute atomic E-state index is 0.917. The molecule has 1 aliphatic heterocycles. The summed E-state index contributed by atoms with van der Waals surface area (Å²) in [6, 6.07) is 56.6. The lowest BCUT2D eigenvalue weighted by Crippen LogP contribution is -2.18. The van der Waals surface area contributed by atoms with Crippen molar-refractivity contribution in [1.29, 1.82) is 0 Å². The fourth-order valence-electron chi connectivity index (χ4n) is 7.28. The van der Waals surface area contributed by atoms with Crippen molar-refractivity contribution in [2.75, 3.05) is 4.90 Å².